The van der Waals surface area contributed by atoms with Gasteiger partial charge in [0.1, 0.15) is 6.33 Å². The van der Waals surface area contributed by atoms with E-state index in [1.165, 1.54) is 22.8 Å². The van der Waals surface area contributed by atoms with Crippen LogP contribution in [0.3, 0.4) is 0 Å². The molecule has 3 heterocycles. The van der Waals surface area contributed by atoms with Crippen molar-refractivity contribution in [2.45, 2.75) is 18.6 Å². The molecule has 4 rings (SSSR count). The number of benzene rings is 1. The van der Waals surface area contributed by atoms with E-state index >= 15 is 4.39 Å². The Labute approximate surface area is 195 Å². The normalized spacial score (nSPS) is 22.2. The maximum Gasteiger partial charge on any atom is 0.416 e. The maximum absolute atomic E-state index is 15.4. The molecule has 0 spiro atoms. The van der Waals surface area contributed by atoms with Gasteiger partial charge in [-0.25, -0.2) is 22.7 Å². The molecular formula is C21H25F4N5O3S. The molecule has 2 aliphatic rings. The minimum absolute atomic E-state index is 0.0100. The molecule has 186 valence electrons. The van der Waals surface area contributed by atoms with Gasteiger partial charge < -0.3 is 15.0 Å². The summed E-state index contributed by atoms with van der Waals surface area (Å²) in [5.74, 6) is -0.662. The predicted molar refractivity (Wildman–Crippen MR) is 117 cm³/mol. The fraction of sp³-hybridized carbons (Fsp3) is 0.524. The predicted octanol–water partition coefficient (Wildman–Crippen LogP) is 2.91. The second-order valence-corrected chi connectivity index (χ2v) is 10.4. The summed E-state index contributed by atoms with van der Waals surface area (Å²) in [6.07, 6.45) is -1.41. The number of hydrogen-bond donors (Lipinski definition) is 1. The van der Waals surface area contributed by atoms with Gasteiger partial charge in [0.25, 0.3) is 0 Å². The molecule has 2 unspecified atom stereocenters. The molecule has 2 aliphatic heterocycles. The number of aromatic nitrogens is 2. The number of halogens is 4. The number of nitrogens with one attached hydrogen (secondary N) is 1. The Kier molecular flexibility index (Phi) is 6.97. The molecule has 2 saturated heterocycles. The number of ether oxygens (including phenoxy) is 1. The third-order valence-corrected chi connectivity index (χ3v) is 7.34. The first-order chi connectivity index (χ1) is 16.0. The van der Waals surface area contributed by atoms with E-state index in [0.29, 0.717) is 44.8 Å². The molecular weight excluding hydrogens is 478 g/mol. The van der Waals surface area contributed by atoms with Gasteiger partial charge in [-0.05, 0) is 30.0 Å². The molecule has 2 atom stereocenters. The van der Waals surface area contributed by atoms with Crippen LogP contribution in [0.25, 0.3) is 0 Å². The summed E-state index contributed by atoms with van der Waals surface area (Å²) >= 11 is 0. The van der Waals surface area contributed by atoms with Crippen molar-refractivity contribution in [1.82, 2.24) is 14.3 Å². The Balaban J connectivity index is 1.50. The lowest BCUT2D eigenvalue weighted by Gasteiger charge is -2.37. The van der Waals surface area contributed by atoms with Crippen molar-refractivity contribution in [2.24, 2.45) is 5.92 Å². The summed E-state index contributed by atoms with van der Waals surface area (Å²) < 4.78 is 84.4. The number of morpholine rings is 1. The summed E-state index contributed by atoms with van der Waals surface area (Å²) in [4.78, 5) is 9.74. The van der Waals surface area contributed by atoms with E-state index in [1.54, 1.807) is 4.90 Å². The standard InChI is InChI=1S/C21H25F4N5O3S/c1-34(31,32)29-7-6-14(11-29)10-26-19-18(22)20(28-13-27-19)30-8-9-33-12-17(30)15-2-4-16(5-3-15)21(23,24)25/h2-5,13-14,17H,6-12H2,1H3,(H,26,27,28). The van der Waals surface area contributed by atoms with Gasteiger partial charge >= 0.3 is 6.18 Å². The lowest BCUT2D eigenvalue weighted by molar-refractivity contribution is -0.137. The van der Waals surface area contributed by atoms with Gasteiger partial charge in [0.2, 0.25) is 15.8 Å². The van der Waals surface area contributed by atoms with Crippen LogP contribution in [0.15, 0.2) is 30.6 Å². The highest BCUT2D eigenvalue weighted by atomic mass is 32.2. The average Bonchev–Trinajstić information content (AvgIpc) is 3.28. The number of alkyl halides is 3. The Hall–Kier alpha value is -2.51. The largest absolute Gasteiger partial charge is 0.416 e. The molecule has 34 heavy (non-hydrogen) atoms. The molecule has 0 radical (unpaired) electrons. The second-order valence-electron chi connectivity index (χ2n) is 8.42. The van der Waals surface area contributed by atoms with Crippen LogP contribution in [-0.2, 0) is 20.9 Å². The summed E-state index contributed by atoms with van der Waals surface area (Å²) in [5.41, 5.74) is -0.215. The van der Waals surface area contributed by atoms with Crippen molar-refractivity contribution in [3.63, 3.8) is 0 Å². The fourth-order valence-corrected chi connectivity index (χ4v) is 5.14. The number of nitrogens with zero attached hydrogens (tertiary/aromatic N) is 4. The zero-order valence-corrected chi connectivity index (χ0v) is 19.2. The quantitative estimate of drug-likeness (QED) is 0.607. The molecule has 1 aromatic carbocycles. The van der Waals surface area contributed by atoms with Crippen LogP contribution in [0.4, 0.5) is 29.2 Å². The third kappa shape index (κ3) is 5.41. The SMILES string of the molecule is CS(=O)(=O)N1CCC(CNc2ncnc(N3CCOCC3c3ccc(C(F)(F)F)cc3)c2F)C1. The van der Waals surface area contributed by atoms with Crippen LogP contribution in [0, 0.1) is 11.7 Å². The fourth-order valence-electron chi connectivity index (χ4n) is 4.22. The summed E-state index contributed by atoms with van der Waals surface area (Å²) in [5, 5.41) is 2.95. The highest BCUT2D eigenvalue weighted by Gasteiger charge is 2.33. The Morgan fingerprint density at radius 2 is 1.91 bits per heavy atom. The smallest absolute Gasteiger partial charge is 0.377 e. The van der Waals surface area contributed by atoms with Gasteiger partial charge in [-0.2, -0.15) is 17.6 Å². The first-order valence-corrected chi connectivity index (χ1v) is 12.6. The van der Waals surface area contributed by atoms with Crippen molar-refractivity contribution in [2.75, 3.05) is 55.9 Å². The van der Waals surface area contributed by atoms with Gasteiger partial charge in [0.15, 0.2) is 11.6 Å². The van der Waals surface area contributed by atoms with E-state index in [-0.39, 0.29) is 24.2 Å². The van der Waals surface area contributed by atoms with E-state index < -0.39 is 33.6 Å². The van der Waals surface area contributed by atoms with Crippen molar-refractivity contribution in [1.29, 1.82) is 0 Å². The van der Waals surface area contributed by atoms with E-state index in [4.69, 9.17) is 4.74 Å². The number of hydrogen-bond acceptors (Lipinski definition) is 7. The van der Waals surface area contributed by atoms with Crippen LogP contribution in [0.5, 0.6) is 0 Å². The van der Waals surface area contributed by atoms with Crippen LogP contribution in [0.1, 0.15) is 23.6 Å². The molecule has 0 amide bonds. The van der Waals surface area contributed by atoms with E-state index in [1.807, 2.05) is 0 Å². The molecule has 0 aliphatic carbocycles. The summed E-state index contributed by atoms with van der Waals surface area (Å²) in [6, 6.07) is 4.19. The molecule has 0 bridgehead atoms. The molecule has 1 N–H and O–H groups in total. The van der Waals surface area contributed by atoms with E-state index in [0.717, 1.165) is 18.4 Å². The molecule has 2 aromatic rings. The van der Waals surface area contributed by atoms with Crippen LogP contribution < -0.4 is 10.2 Å². The van der Waals surface area contributed by atoms with Crippen molar-refractivity contribution in [3.8, 4) is 0 Å². The monoisotopic (exact) mass is 503 g/mol. The van der Waals surface area contributed by atoms with Crippen molar-refractivity contribution in [3.05, 3.63) is 47.5 Å². The molecule has 0 saturated carbocycles. The summed E-state index contributed by atoms with van der Waals surface area (Å²) in [6.45, 7) is 1.89. The Morgan fingerprint density at radius 3 is 2.56 bits per heavy atom. The van der Waals surface area contributed by atoms with Crippen molar-refractivity contribution >= 4 is 21.7 Å². The van der Waals surface area contributed by atoms with Gasteiger partial charge in [0.05, 0.1) is 31.1 Å². The van der Waals surface area contributed by atoms with Crippen molar-refractivity contribution < 1.29 is 30.7 Å². The van der Waals surface area contributed by atoms with E-state index in [2.05, 4.69) is 15.3 Å². The second kappa shape index (κ2) is 9.62. The molecule has 13 heteroatoms. The van der Waals surface area contributed by atoms with Crippen LogP contribution >= 0.6 is 0 Å². The van der Waals surface area contributed by atoms with E-state index in [9.17, 15) is 21.6 Å². The lowest BCUT2D eigenvalue weighted by Crippen LogP contribution is -2.40. The third-order valence-electron chi connectivity index (χ3n) is 6.07. The minimum atomic E-state index is -4.45. The van der Waals surface area contributed by atoms with Gasteiger partial charge in [-0.1, -0.05) is 12.1 Å². The zero-order chi connectivity index (χ0) is 24.5. The number of sulfonamides is 1. The molecule has 1 aromatic heterocycles. The molecule has 8 nitrogen and oxygen atoms in total. The van der Waals surface area contributed by atoms with Crippen LogP contribution in [-0.4, -0.2) is 68.3 Å². The maximum atomic E-state index is 15.4. The van der Waals surface area contributed by atoms with Gasteiger partial charge in [-0.15, -0.1) is 0 Å². The summed E-state index contributed by atoms with van der Waals surface area (Å²) in [7, 11) is -3.27. The first-order valence-electron chi connectivity index (χ1n) is 10.7. The zero-order valence-electron chi connectivity index (χ0n) is 18.4. The lowest BCUT2D eigenvalue weighted by atomic mass is 10.0. The average molecular weight is 504 g/mol. The highest BCUT2D eigenvalue weighted by Crippen LogP contribution is 2.34. The van der Waals surface area contributed by atoms with Gasteiger partial charge in [-0.3, -0.25) is 0 Å². The van der Waals surface area contributed by atoms with Crippen LogP contribution in [0.2, 0.25) is 0 Å². The minimum Gasteiger partial charge on any atom is -0.377 e. The Bertz CT molecular complexity index is 1110. The highest BCUT2D eigenvalue weighted by molar-refractivity contribution is 7.88. The van der Waals surface area contributed by atoms with Gasteiger partial charge in [0, 0.05) is 26.2 Å². The Morgan fingerprint density at radius 1 is 1.18 bits per heavy atom. The first kappa shape index (κ1) is 24.6. The number of rotatable bonds is 6. The topological polar surface area (TPSA) is 87.7 Å². The molecule has 2 fully saturated rings. The number of anilines is 2.